The van der Waals surface area contributed by atoms with E-state index in [0.29, 0.717) is 4.88 Å². The predicted molar refractivity (Wildman–Crippen MR) is 65.8 cm³/mol. The topological polar surface area (TPSA) is 55.3 Å². The lowest BCUT2D eigenvalue weighted by atomic mass is 10.3. The maximum absolute atomic E-state index is 10.8. The molecule has 5 nitrogen and oxygen atoms in total. The van der Waals surface area contributed by atoms with E-state index in [4.69, 9.17) is 4.74 Å². The smallest absolute Gasteiger partial charge is 0.160 e. The molecule has 0 amide bonds. The number of rotatable bonds is 2. The number of anilines is 1. The zero-order valence-electron chi connectivity index (χ0n) is 9.13. The number of nitrogens with zero attached hydrogens (tertiary/aromatic N) is 3. The highest BCUT2D eigenvalue weighted by atomic mass is 32.1. The van der Waals surface area contributed by atoms with Crippen molar-refractivity contribution in [3.8, 4) is 0 Å². The third-order valence-corrected chi connectivity index (χ3v) is 3.78. The summed E-state index contributed by atoms with van der Waals surface area (Å²) in [5, 5.41) is 0. The van der Waals surface area contributed by atoms with Crippen LogP contribution >= 0.6 is 11.3 Å². The van der Waals surface area contributed by atoms with E-state index in [1.165, 1.54) is 11.3 Å². The molecule has 1 fully saturated rings. The van der Waals surface area contributed by atoms with Gasteiger partial charge < -0.3 is 9.64 Å². The number of aromatic nitrogens is 2. The third-order valence-electron chi connectivity index (χ3n) is 2.74. The monoisotopic (exact) mass is 249 g/mol. The zero-order chi connectivity index (χ0) is 11.7. The molecule has 1 aliphatic heterocycles. The Morgan fingerprint density at radius 3 is 2.94 bits per heavy atom. The summed E-state index contributed by atoms with van der Waals surface area (Å²) in [6.45, 7) is 3.11. The number of morpholine rings is 1. The minimum atomic E-state index is 0.690. The highest BCUT2D eigenvalue weighted by molar-refractivity contribution is 7.21. The summed E-state index contributed by atoms with van der Waals surface area (Å²) >= 11 is 1.44. The number of hydrogen-bond donors (Lipinski definition) is 0. The van der Waals surface area contributed by atoms with Gasteiger partial charge in [-0.2, -0.15) is 0 Å². The van der Waals surface area contributed by atoms with Crippen LogP contribution in [0.15, 0.2) is 12.4 Å². The molecular formula is C11H11N3O2S. The van der Waals surface area contributed by atoms with Gasteiger partial charge in [0.1, 0.15) is 12.1 Å². The highest BCUT2D eigenvalue weighted by Gasteiger charge is 2.17. The molecule has 0 aliphatic carbocycles. The van der Waals surface area contributed by atoms with Crippen molar-refractivity contribution in [2.24, 2.45) is 0 Å². The summed E-state index contributed by atoms with van der Waals surface area (Å²) in [6, 6.07) is 1.80. The lowest BCUT2D eigenvalue weighted by molar-refractivity contribution is 0.112. The van der Waals surface area contributed by atoms with Crippen molar-refractivity contribution in [3.63, 3.8) is 0 Å². The van der Waals surface area contributed by atoms with Crippen molar-refractivity contribution in [2.75, 3.05) is 31.2 Å². The van der Waals surface area contributed by atoms with E-state index in [0.717, 1.165) is 48.6 Å². The first kappa shape index (κ1) is 10.6. The number of aldehydes is 1. The summed E-state index contributed by atoms with van der Waals surface area (Å²) in [5.41, 5.74) is 0.841. The molecule has 1 aliphatic rings. The minimum absolute atomic E-state index is 0.690. The molecule has 0 bridgehead atoms. The number of thiophene rings is 1. The van der Waals surface area contributed by atoms with E-state index in [1.54, 1.807) is 12.4 Å². The van der Waals surface area contributed by atoms with Crippen molar-refractivity contribution in [1.29, 1.82) is 0 Å². The molecule has 0 N–H and O–H groups in total. The number of ether oxygens (including phenoxy) is 1. The number of carbonyl (C=O) groups excluding carboxylic acids is 1. The normalized spacial score (nSPS) is 16.4. The first-order valence-electron chi connectivity index (χ1n) is 5.41. The van der Waals surface area contributed by atoms with Crippen LogP contribution in [0.4, 0.5) is 5.82 Å². The number of carbonyl (C=O) groups is 1. The maximum Gasteiger partial charge on any atom is 0.160 e. The largest absolute Gasteiger partial charge is 0.378 e. The predicted octanol–water partition coefficient (Wildman–Crippen LogP) is 1.34. The van der Waals surface area contributed by atoms with Gasteiger partial charge >= 0.3 is 0 Å². The number of fused-ring (bicyclic) bond motifs is 1. The molecule has 2 aromatic rings. The van der Waals surface area contributed by atoms with Crippen LogP contribution in [0.5, 0.6) is 0 Å². The summed E-state index contributed by atoms with van der Waals surface area (Å²) in [7, 11) is 0. The summed E-state index contributed by atoms with van der Waals surface area (Å²) in [4.78, 5) is 22.2. The van der Waals surface area contributed by atoms with Crippen LogP contribution in [0.1, 0.15) is 9.67 Å². The van der Waals surface area contributed by atoms with Gasteiger partial charge in [-0.05, 0) is 6.07 Å². The van der Waals surface area contributed by atoms with Gasteiger partial charge in [-0.15, -0.1) is 11.3 Å². The molecule has 3 rings (SSSR count). The Kier molecular flexibility index (Phi) is 2.74. The average Bonchev–Trinajstić information content (AvgIpc) is 2.82. The lowest BCUT2D eigenvalue weighted by Crippen LogP contribution is -2.36. The minimum Gasteiger partial charge on any atom is -0.378 e. The van der Waals surface area contributed by atoms with Gasteiger partial charge in [0.05, 0.1) is 28.3 Å². The van der Waals surface area contributed by atoms with Crippen molar-refractivity contribution < 1.29 is 9.53 Å². The fraction of sp³-hybridized carbons (Fsp3) is 0.364. The molecule has 0 unspecified atom stereocenters. The zero-order valence-corrected chi connectivity index (χ0v) is 9.94. The highest BCUT2D eigenvalue weighted by Crippen LogP contribution is 2.30. The van der Waals surface area contributed by atoms with Gasteiger partial charge in [0.25, 0.3) is 0 Å². The Morgan fingerprint density at radius 2 is 2.18 bits per heavy atom. The Morgan fingerprint density at radius 1 is 1.35 bits per heavy atom. The van der Waals surface area contributed by atoms with Crippen LogP contribution in [0.3, 0.4) is 0 Å². The van der Waals surface area contributed by atoms with E-state index in [-0.39, 0.29) is 0 Å². The molecule has 88 valence electrons. The van der Waals surface area contributed by atoms with Crippen molar-refractivity contribution in [2.45, 2.75) is 0 Å². The molecule has 1 saturated heterocycles. The average molecular weight is 249 g/mol. The standard InChI is InChI=1S/C11H11N3O2S/c15-6-8-5-9-10(17-8)11(13-7-12-9)14-1-3-16-4-2-14/h5-7H,1-4H2. The van der Waals surface area contributed by atoms with E-state index in [9.17, 15) is 4.79 Å². The third kappa shape index (κ3) is 1.89. The van der Waals surface area contributed by atoms with E-state index in [1.807, 2.05) is 0 Å². The van der Waals surface area contributed by atoms with Crippen LogP contribution in [-0.4, -0.2) is 42.6 Å². The number of hydrogen-bond acceptors (Lipinski definition) is 6. The van der Waals surface area contributed by atoms with E-state index < -0.39 is 0 Å². The lowest BCUT2D eigenvalue weighted by Gasteiger charge is -2.27. The van der Waals surface area contributed by atoms with Gasteiger partial charge in [0.15, 0.2) is 6.29 Å². The fourth-order valence-corrected chi connectivity index (χ4v) is 2.86. The summed E-state index contributed by atoms with van der Waals surface area (Å²) < 4.78 is 6.30. The molecular weight excluding hydrogens is 238 g/mol. The SMILES string of the molecule is O=Cc1cc2ncnc(N3CCOCC3)c2s1. The van der Waals surface area contributed by atoms with E-state index in [2.05, 4.69) is 14.9 Å². The van der Waals surface area contributed by atoms with Crippen LogP contribution in [-0.2, 0) is 4.74 Å². The molecule has 0 atom stereocenters. The van der Waals surface area contributed by atoms with Crippen molar-refractivity contribution >= 4 is 33.7 Å². The molecule has 3 heterocycles. The molecule has 0 spiro atoms. The molecule has 2 aromatic heterocycles. The van der Waals surface area contributed by atoms with Crippen LogP contribution < -0.4 is 4.90 Å². The second kappa shape index (κ2) is 4.38. The second-order valence-electron chi connectivity index (χ2n) is 3.78. The molecule has 6 heteroatoms. The van der Waals surface area contributed by atoms with Gasteiger partial charge in [0, 0.05) is 13.1 Å². The molecule has 17 heavy (non-hydrogen) atoms. The molecule has 0 aromatic carbocycles. The van der Waals surface area contributed by atoms with E-state index >= 15 is 0 Å². The second-order valence-corrected chi connectivity index (χ2v) is 4.86. The van der Waals surface area contributed by atoms with Gasteiger partial charge in [-0.3, -0.25) is 4.79 Å². The van der Waals surface area contributed by atoms with Crippen LogP contribution in [0.25, 0.3) is 10.2 Å². The quantitative estimate of drug-likeness (QED) is 0.752. The fourth-order valence-electron chi connectivity index (χ4n) is 1.92. The molecule has 0 saturated carbocycles. The Bertz CT molecular complexity index is 549. The first-order chi connectivity index (χ1) is 8.38. The van der Waals surface area contributed by atoms with Crippen LogP contribution in [0.2, 0.25) is 0 Å². The summed E-state index contributed by atoms with van der Waals surface area (Å²) in [6.07, 6.45) is 2.41. The van der Waals surface area contributed by atoms with Gasteiger partial charge in [-0.25, -0.2) is 9.97 Å². The van der Waals surface area contributed by atoms with Crippen molar-refractivity contribution in [1.82, 2.24) is 9.97 Å². The Balaban J connectivity index is 2.08. The Hall–Kier alpha value is -1.53. The van der Waals surface area contributed by atoms with Crippen LogP contribution in [0, 0.1) is 0 Å². The first-order valence-corrected chi connectivity index (χ1v) is 6.22. The van der Waals surface area contributed by atoms with Crippen molar-refractivity contribution in [3.05, 3.63) is 17.3 Å². The Labute approximate surface area is 102 Å². The molecule has 0 radical (unpaired) electrons. The van der Waals surface area contributed by atoms with Gasteiger partial charge in [-0.1, -0.05) is 0 Å². The van der Waals surface area contributed by atoms with Gasteiger partial charge in [0.2, 0.25) is 0 Å². The maximum atomic E-state index is 10.8. The summed E-state index contributed by atoms with van der Waals surface area (Å²) in [5.74, 6) is 0.913.